The van der Waals surface area contributed by atoms with Gasteiger partial charge < -0.3 is 19.5 Å². The van der Waals surface area contributed by atoms with E-state index < -0.39 is 38.3 Å². The van der Waals surface area contributed by atoms with Crippen LogP contribution in [0, 0.1) is 0 Å². The lowest BCUT2D eigenvalue weighted by molar-refractivity contribution is -0.0561. The smallest absolute Gasteiger partial charge is 0.376 e. The molecule has 0 spiro atoms. The quantitative estimate of drug-likeness (QED) is 0.161. The molecule has 11 nitrogen and oxygen atoms in total. The summed E-state index contributed by atoms with van der Waals surface area (Å²) in [6, 6.07) is 30.6. The second-order valence-corrected chi connectivity index (χ2v) is 10.8. The van der Waals surface area contributed by atoms with Gasteiger partial charge in [0.25, 0.3) is 0 Å². The molecule has 220 valence electrons. The fourth-order valence-electron chi connectivity index (χ4n) is 5.83. The summed E-state index contributed by atoms with van der Waals surface area (Å²) in [5.41, 5.74) is 3.27. The second kappa shape index (κ2) is 12.6. The third-order valence-electron chi connectivity index (χ3n) is 7.74. The van der Waals surface area contributed by atoms with Crippen molar-refractivity contribution in [3.05, 3.63) is 120 Å². The zero-order valence-corrected chi connectivity index (χ0v) is 24.5. The van der Waals surface area contributed by atoms with E-state index in [4.69, 9.17) is 23.7 Å². The lowest BCUT2D eigenvalue weighted by Gasteiger charge is -2.37. The Hall–Kier alpha value is -4.09. The van der Waals surface area contributed by atoms with Gasteiger partial charge in [-0.1, -0.05) is 91.0 Å². The van der Waals surface area contributed by atoms with E-state index in [-0.39, 0.29) is 6.61 Å². The third kappa shape index (κ3) is 5.43. The minimum absolute atomic E-state index is 0.150. The first-order chi connectivity index (χ1) is 21.1. The highest BCUT2D eigenvalue weighted by Gasteiger charge is 2.48. The molecule has 1 aliphatic heterocycles. The number of hydrogen-bond acceptors (Lipinski definition) is 9. The van der Waals surface area contributed by atoms with Crippen LogP contribution in [-0.4, -0.2) is 63.6 Å². The van der Waals surface area contributed by atoms with Crippen molar-refractivity contribution in [1.82, 2.24) is 19.5 Å². The van der Waals surface area contributed by atoms with Crippen LogP contribution >= 0.6 is 8.25 Å². The first kappa shape index (κ1) is 29.0. The van der Waals surface area contributed by atoms with Crippen LogP contribution in [0.3, 0.4) is 0 Å². The zero-order valence-electron chi connectivity index (χ0n) is 23.6. The van der Waals surface area contributed by atoms with Crippen LogP contribution in [0.5, 0.6) is 0 Å². The van der Waals surface area contributed by atoms with E-state index in [9.17, 15) is 9.46 Å². The van der Waals surface area contributed by atoms with E-state index >= 15 is 0 Å². The SMILES string of the molecule is COC1[C@@H](CO[P+](=O)O)O[C@@H](n2cnc3c(NC(c4ccccc4)(c4ccccc4)c4ccccc4)ncnc32)[C@H]1OC. The van der Waals surface area contributed by atoms with E-state index in [0.29, 0.717) is 17.0 Å². The lowest BCUT2D eigenvalue weighted by Crippen LogP contribution is -2.38. The van der Waals surface area contributed by atoms with E-state index in [1.807, 2.05) is 54.6 Å². The summed E-state index contributed by atoms with van der Waals surface area (Å²) in [6.07, 6.45) is 0.606. The van der Waals surface area contributed by atoms with Gasteiger partial charge in [-0.2, -0.15) is 0 Å². The second-order valence-electron chi connectivity index (χ2n) is 10.0. The van der Waals surface area contributed by atoms with Crippen molar-refractivity contribution >= 4 is 25.2 Å². The van der Waals surface area contributed by atoms with Gasteiger partial charge in [0.15, 0.2) is 23.2 Å². The maximum atomic E-state index is 11.2. The highest BCUT2D eigenvalue weighted by molar-refractivity contribution is 7.32. The number of nitrogens with one attached hydrogen (secondary N) is 1. The molecule has 43 heavy (non-hydrogen) atoms. The summed E-state index contributed by atoms with van der Waals surface area (Å²) in [5.74, 6) is 0.521. The standard InChI is InChI=1S/C31H30N5O6P/c1-39-26-24(18-41-43(37)38)42-30(27(26)40-2)36-20-34-25-28(32-19-33-29(25)36)35-31(21-12-6-3-7-13-21,22-14-8-4-9-15-22)23-16-10-5-11-17-23/h3-17,19-20,24,26-27,30H,18H2,1-2H3,(H-,32,33,35,37,38)/p+1/t24-,26?,27+,30-/m1/s1. The van der Waals surface area contributed by atoms with Crippen molar-refractivity contribution in [2.24, 2.45) is 0 Å². The molecule has 5 aromatic rings. The van der Waals surface area contributed by atoms with Crippen LogP contribution < -0.4 is 5.32 Å². The van der Waals surface area contributed by atoms with Crippen molar-refractivity contribution in [3.8, 4) is 0 Å². The highest BCUT2D eigenvalue weighted by Crippen LogP contribution is 2.41. The van der Waals surface area contributed by atoms with Gasteiger partial charge >= 0.3 is 8.25 Å². The van der Waals surface area contributed by atoms with Crippen LogP contribution in [0.4, 0.5) is 5.82 Å². The summed E-state index contributed by atoms with van der Waals surface area (Å²) >= 11 is 0. The third-order valence-corrected chi connectivity index (χ3v) is 8.11. The molecular weight excluding hydrogens is 569 g/mol. The molecule has 6 rings (SSSR count). The normalized spacial score (nSPS) is 20.8. The number of imidazole rings is 1. The van der Waals surface area contributed by atoms with E-state index in [1.165, 1.54) is 13.4 Å². The molecular formula is C31H31N5O6P+. The van der Waals surface area contributed by atoms with Gasteiger partial charge in [-0.05, 0) is 16.7 Å². The number of hydrogen-bond donors (Lipinski definition) is 2. The highest BCUT2D eigenvalue weighted by atomic mass is 31.1. The van der Waals surface area contributed by atoms with Gasteiger partial charge in [-0.25, -0.2) is 15.0 Å². The number of methoxy groups -OCH3 is 2. The van der Waals surface area contributed by atoms with Crippen molar-refractivity contribution in [1.29, 1.82) is 0 Å². The fourth-order valence-corrected chi connectivity index (χ4v) is 6.10. The molecule has 2 aromatic heterocycles. The number of nitrogens with zero attached hydrogens (tertiary/aromatic N) is 4. The predicted molar refractivity (Wildman–Crippen MR) is 159 cm³/mol. The van der Waals surface area contributed by atoms with E-state index in [1.54, 1.807) is 18.0 Å². The molecule has 0 bridgehead atoms. The van der Waals surface area contributed by atoms with Crippen molar-refractivity contribution in [2.75, 3.05) is 26.1 Å². The Morgan fingerprint density at radius 3 is 1.93 bits per heavy atom. The number of anilines is 1. The van der Waals surface area contributed by atoms with Gasteiger partial charge in [0, 0.05) is 18.8 Å². The van der Waals surface area contributed by atoms with Crippen molar-refractivity contribution < 1.29 is 28.2 Å². The van der Waals surface area contributed by atoms with Crippen LogP contribution in [0.2, 0.25) is 0 Å². The van der Waals surface area contributed by atoms with Crippen LogP contribution in [0.25, 0.3) is 11.2 Å². The largest absolute Gasteiger partial charge is 0.694 e. The maximum Gasteiger partial charge on any atom is 0.694 e. The van der Waals surface area contributed by atoms with Gasteiger partial charge in [0.2, 0.25) is 0 Å². The van der Waals surface area contributed by atoms with Crippen LogP contribution in [0.1, 0.15) is 22.9 Å². The number of ether oxygens (including phenoxy) is 3. The molecule has 0 saturated carbocycles. The topological polar surface area (TPSA) is 130 Å². The molecule has 2 N–H and O–H groups in total. The Morgan fingerprint density at radius 1 is 0.860 bits per heavy atom. The molecule has 0 radical (unpaired) electrons. The summed E-state index contributed by atoms with van der Waals surface area (Å²) < 4.78 is 35.6. The molecule has 0 amide bonds. The molecule has 1 saturated heterocycles. The van der Waals surface area contributed by atoms with Crippen LogP contribution in [0.15, 0.2) is 104 Å². The Balaban J connectivity index is 1.46. The molecule has 3 aromatic carbocycles. The van der Waals surface area contributed by atoms with Gasteiger partial charge in [0.05, 0.1) is 6.33 Å². The summed E-state index contributed by atoms with van der Waals surface area (Å²) in [6.45, 7) is -0.150. The Morgan fingerprint density at radius 2 is 1.42 bits per heavy atom. The average molecular weight is 601 g/mol. The Kier molecular flexibility index (Phi) is 8.53. The Bertz CT molecular complexity index is 1580. The molecule has 3 heterocycles. The summed E-state index contributed by atoms with van der Waals surface area (Å²) in [5, 5.41) is 3.77. The molecule has 2 unspecified atom stereocenters. The predicted octanol–water partition coefficient (Wildman–Crippen LogP) is 4.82. The molecule has 0 aliphatic carbocycles. The summed E-state index contributed by atoms with van der Waals surface area (Å²) in [4.78, 5) is 23.1. The Labute approximate surface area is 249 Å². The van der Waals surface area contributed by atoms with Crippen LogP contribution in [-0.2, 0) is 28.8 Å². The first-order valence-corrected chi connectivity index (χ1v) is 14.8. The molecule has 1 aliphatic rings. The number of aromatic nitrogens is 4. The molecule has 1 fully saturated rings. The molecule has 5 atom stereocenters. The van der Waals surface area contributed by atoms with E-state index in [0.717, 1.165) is 16.7 Å². The van der Waals surface area contributed by atoms with Crippen molar-refractivity contribution in [2.45, 2.75) is 30.1 Å². The number of fused-ring (bicyclic) bond motifs is 1. The number of rotatable bonds is 11. The van der Waals surface area contributed by atoms with Crippen molar-refractivity contribution in [3.63, 3.8) is 0 Å². The monoisotopic (exact) mass is 600 g/mol. The van der Waals surface area contributed by atoms with Gasteiger partial charge in [0.1, 0.15) is 36.8 Å². The maximum absolute atomic E-state index is 11.2. The zero-order chi connectivity index (χ0) is 29.8. The average Bonchev–Trinajstić information content (AvgIpc) is 3.65. The lowest BCUT2D eigenvalue weighted by atomic mass is 9.77. The minimum Gasteiger partial charge on any atom is -0.376 e. The van der Waals surface area contributed by atoms with E-state index in [2.05, 4.69) is 51.7 Å². The van der Waals surface area contributed by atoms with Gasteiger partial charge in [-0.15, -0.1) is 9.42 Å². The first-order valence-electron chi connectivity index (χ1n) is 13.7. The summed E-state index contributed by atoms with van der Waals surface area (Å²) in [7, 11) is 0.285. The van der Waals surface area contributed by atoms with Gasteiger partial charge in [-0.3, -0.25) is 4.57 Å². The fraction of sp³-hybridized carbons (Fsp3) is 0.258. The number of benzene rings is 3. The molecule has 12 heteroatoms. The minimum atomic E-state index is -2.80.